The number of hydrogen-bond acceptors (Lipinski definition) is 3. The van der Waals surface area contributed by atoms with Crippen LogP contribution in [0.5, 0.6) is 0 Å². The Morgan fingerprint density at radius 1 is 1.38 bits per heavy atom. The highest BCUT2D eigenvalue weighted by atomic mass is 32.1. The van der Waals surface area contributed by atoms with Gasteiger partial charge in [0.2, 0.25) is 5.91 Å². The maximum Gasteiger partial charge on any atom is 0.244 e. The summed E-state index contributed by atoms with van der Waals surface area (Å²) in [5.74, 6) is -0.0106. The van der Waals surface area contributed by atoms with Gasteiger partial charge in [0.15, 0.2) is 5.11 Å². The van der Waals surface area contributed by atoms with Crippen molar-refractivity contribution in [1.82, 2.24) is 15.5 Å². The number of likely N-dealkylation sites (N-methyl/N-ethyl adjacent to an activating group) is 1. The summed E-state index contributed by atoms with van der Waals surface area (Å²) in [5, 5.41) is 6.42. The van der Waals surface area contributed by atoms with Crippen LogP contribution in [-0.2, 0) is 9.53 Å². The smallest absolute Gasteiger partial charge is 0.244 e. The van der Waals surface area contributed by atoms with Gasteiger partial charge in [-0.1, -0.05) is 0 Å². The number of carbonyl (C=O) groups excluding carboxylic acids is 1. The van der Waals surface area contributed by atoms with Gasteiger partial charge in [0.1, 0.15) is 6.04 Å². The molecule has 0 rings (SSSR count). The molecule has 0 aromatic heterocycles. The Bertz CT molecular complexity index is 246. The number of thiocarbonyl (C=S) groups is 1. The molecule has 16 heavy (non-hydrogen) atoms. The van der Waals surface area contributed by atoms with E-state index in [1.165, 1.54) is 4.90 Å². The molecule has 1 amide bonds. The third-order valence-corrected chi connectivity index (χ3v) is 2.19. The highest BCUT2D eigenvalue weighted by Crippen LogP contribution is 1.90. The number of nitrogens with one attached hydrogen (secondary N) is 2. The fourth-order valence-electron chi connectivity index (χ4n) is 1.20. The second kappa shape index (κ2) is 7.40. The summed E-state index contributed by atoms with van der Waals surface area (Å²) in [6.07, 6.45) is 0. The van der Waals surface area contributed by atoms with Crippen molar-refractivity contribution in [2.75, 3.05) is 27.8 Å². The Labute approximate surface area is 103 Å². The van der Waals surface area contributed by atoms with Crippen LogP contribution in [0.4, 0.5) is 0 Å². The van der Waals surface area contributed by atoms with Crippen molar-refractivity contribution in [2.24, 2.45) is 0 Å². The standard InChI is InChI=1S/C10H21N3O2S/c1-7(6-15-5)11-10(16)12-8(2)9(14)13(3)4/h7-8H,6H2,1-5H3,(H2,11,12,16). The van der Waals surface area contributed by atoms with E-state index >= 15 is 0 Å². The molecule has 0 fully saturated rings. The third kappa shape index (κ3) is 5.87. The van der Waals surface area contributed by atoms with Crippen molar-refractivity contribution < 1.29 is 9.53 Å². The summed E-state index contributed by atoms with van der Waals surface area (Å²) < 4.78 is 4.97. The molecule has 0 aromatic rings. The zero-order valence-corrected chi connectivity index (χ0v) is 11.4. The lowest BCUT2D eigenvalue weighted by atomic mass is 10.3. The third-order valence-electron chi connectivity index (χ3n) is 1.95. The molecule has 2 N–H and O–H groups in total. The highest BCUT2D eigenvalue weighted by molar-refractivity contribution is 7.80. The zero-order chi connectivity index (χ0) is 12.7. The number of hydrogen-bond donors (Lipinski definition) is 2. The summed E-state index contributed by atoms with van der Waals surface area (Å²) in [7, 11) is 5.06. The average molecular weight is 247 g/mol. The molecule has 0 spiro atoms. The Kier molecular flexibility index (Phi) is 7.00. The Morgan fingerprint density at radius 3 is 2.38 bits per heavy atom. The van der Waals surface area contributed by atoms with Gasteiger partial charge in [0.25, 0.3) is 0 Å². The summed E-state index contributed by atoms with van der Waals surface area (Å²) >= 11 is 5.08. The zero-order valence-electron chi connectivity index (χ0n) is 10.5. The first-order chi connectivity index (χ1) is 7.38. The fraction of sp³-hybridized carbons (Fsp3) is 0.800. The largest absolute Gasteiger partial charge is 0.383 e. The quantitative estimate of drug-likeness (QED) is 0.668. The topological polar surface area (TPSA) is 53.6 Å². The number of methoxy groups -OCH3 is 1. The van der Waals surface area contributed by atoms with Gasteiger partial charge < -0.3 is 20.3 Å². The minimum atomic E-state index is -0.329. The van der Waals surface area contributed by atoms with Crippen LogP contribution in [0, 0.1) is 0 Å². The van der Waals surface area contributed by atoms with Gasteiger partial charge in [0.05, 0.1) is 6.61 Å². The maximum absolute atomic E-state index is 11.5. The van der Waals surface area contributed by atoms with E-state index in [9.17, 15) is 4.79 Å². The van der Waals surface area contributed by atoms with Crippen molar-refractivity contribution in [3.05, 3.63) is 0 Å². The SMILES string of the molecule is COCC(C)NC(=S)NC(C)C(=O)N(C)C. The van der Waals surface area contributed by atoms with Crippen LogP contribution in [0.2, 0.25) is 0 Å². The molecule has 0 saturated heterocycles. The molecule has 0 bridgehead atoms. The lowest BCUT2D eigenvalue weighted by molar-refractivity contribution is -0.130. The van der Waals surface area contributed by atoms with E-state index in [1.54, 1.807) is 28.1 Å². The summed E-state index contributed by atoms with van der Waals surface area (Å²) in [6.45, 7) is 4.30. The summed E-state index contributed by atoms with van der Waals surface area (Å²) in [4.78, 5) is 13.1. The lowest BCUT2D eigenvalue weighted by Crippen LogP contribution is -2.50. The normalized spacial score (nSPS) is 13.8. The number of ether oxygens (including phenoxy) is 1. The number of nitrogens with zero attached hydrogens (tertiary/aromatic N) is 1. The van der Waals surface area contributed by atoms with Gasteiger partial charge in [-0.2, -0.15) is 0 Å². The van der Waals surface area contributed by atoms with E-state index in [4.69, 9.17) is 17.0 Å². The molecule has 0 aliphatic rings. The molecule has 6 heteroatoms. The molecule has 2 unspecified atom stereocenters. The Hall–Kier alpha value is -0.880. The Balaban J connectivity index is 4.00. The van der Waals surface area contributed by atoms with Crippen molar-refractivity contribution in [3.63, 3.8) is 0 Å². The van der Waals surface area contributed by atoms with Crippen LogP contribution >= 0.6 is 12.2 Å². The van der Waals surface area contributed by atoms with Crippen molar-refractivity contribution in [3.8, 4) is 0 Å². The van der Waals surface area contributed by atoms with E-state index in [2.05, 4.69) is 10.6 Å². The molecule has 0 heterocycles. The molecule has 0 aromatic carbocycles. The molecular weight excluding hydrogens is 226 g/mol. The number of carbonyl (C=O) groups is 1. The van der Waals surface area contributed by atoms with Gasteiger partial charge in [-0.25, -0.2) is 0 Å². The first kappa shape index (κ1) is 15.1. The lowest BCUT2D eigenvalue weighted by Gasteiger charge is -2.21. The first-order valence-corrected chi connectivity index (χ1v) is 5.56. The van der Waals surface area contributed by atoms with E-state index in [-0.39, 0.29) is 18.0 Å². The minimum Gasteiger partial charge on any atom is -0.383 e. The van der Waals surface area contributed by atoms with Gasteiger partial charge in [-0.3, -0.25) is 4.79 Å². The molecule has 0 saturated carbocycles. The van der Waals surface area contributed by atoms with E-state index in [1.807, 2.05) is 6.92 Å². The Morgan fingerprint density at radius 2 is 1.94 bits per heavy atom. The first-order valence-electron chi connectivity index (χ1n) is 5.15. The molecule has 0 aliphatic heterocycles. The number of rotatable bonds is 5. The van der Waals surface area contributed by atoms with Crippen LogP contribution in [0.25, 0.3) is 0 Å². The molecule has 0 radical (unpaired) electrons. The molecular formula is C10H21N3O2S. The second-order valence-electron chi connectivity index (χ2n) is 3.93. The molecule has 94 valence electrons. The van der Waals surface area contributed by atoms with Crippen LogP contribution < -0.4 is 10.6 Å². The second-order valence-corrected chi connectivity index (χ2v) is 4.34. The van der Waals surface area contributed by atoms with E-state index < -0.39 is 0 Å². The predicted octanol–water partition coefficient (Wildman–Crippen LogP) is -0.0379. The van der Waals surface area contributed by atoms with Crippen LogP contribution in [0.15, 0.2) is 0 Å². The fourth-order valence-corrected chi connectivity index (χ4v) is 1.58. The predicted molar refractivity (Wildman–Crippen MR) is 68.4 cm³/mol. The summed E-state index contributed by atoms with van der Waals surface area (Å²) in [5.41, 5.74) is 0. The monoisotopic (exact) mass is 247 g/mol. The van der Waals surface area contributed by atoms with Crippen LogP contribution in [0.3, 0.4) is 0 Å². The van der Waals surface area contributed by atoms with Crippen molar-refractivity contribution >= 4 is 23.2 Å². The van der Waals surface area contributed by atoms with Crippen LogP contribution in [0.1, 0.15) is 13.8 Å². The molecule has 5 nitrogen and oxygen atoms in total. The number of amides is 1. The van der Waals surface area contributed by atoms with Crippen molar-refractivity contribution in [2.45, 2.75) is 25.9 Å². The van der Waals surface area contributed by atoms with Gasteiger partial charge in [-0.15, -0.1) is 0 Å². The van der Waals surface area contributed by atoms with Gasteiger partial charge >= 0.3 is 0 Å². The van der Waals surface area contributed by atoms with E-state index in [0.29, 0.717) is 11.7 Å². The van der Waals surface area contributed by atoms with Crippen molar-refractivity contribution in [1.29, 1.82) is 0 Å². The van der Waals surface area contributed by atoms with Crippen LogP contribution in [-0.4, -0.2) is 55.8 Å². The average Bonchev–Trinajstić information content (AvgIpc) is 2.16. The maximum atomic E-state index is 11.5. The minimum absolute atomic E-state index is 0.0106. The summed E-state index contributed by atoms with van der Waals surface area (Å²) in [6, 6.07) is -0.212. The van der Waals surface area contributed by atoms with Gasteiger partial charge in [0, 0.05) is 27.2 Å². The highest BCUT2D eigenvalue weighted by Gasteiger charge is 2.15. The molecule has 0 aliphatic carbocycles. The van der Waals surface area contributed by atoms with Gasteiger partial charge in [-0.05, 0) is 26.1 Å². The molecule has 2 atom stereocenters. The van der Waals surface area contributed by atoms with E-state index in [0.717, 1.165) is 0 Å².